The van der Waals surface area contributed by atoms with Crippen LogP contribution in [0.5, 0.6) is 0 Å². The van der Waals surface area contributed by atoms with Crippen LogP contribution < -0.4 is 4.90 Å². The first kappa shape index (κ1) is 14.9. The quantitative estimate of drug-likeness (QED) is 0.850. The van der Waals surface area contributed by atoms with Crippen molar-refractivity contribution >= 4 is 11.8 Å². The Labute approximate surface area is 120 Å². The predicted octanol–water partition coefficient (Wildman–Crippen LogP) is 3.39. The van der Waals surface area contributed by atoms with Crippen molar-refractivity contribution in [3.8, 4) is 0 Å². The number of hydrogen-bond acceptors (Lipinski definition) is 3. The maximum atomic E-state index is 12.4. The van der Waals surface area contributed by atoms with E-state index in [4.69, 9.17) is 9.47 Å². The summed E-state index contributed by atoms with van der Waals surface area (Å²) in [5.74, 6) is 0. The summed E-state index contributed by atoms with van der Waals surface area (Å²) in [6.45, 7) is 8.78. The van der Waals surface area contributed by atoms with E-state index >= 15 is 0 Å². The molecule has 0 unspecified atom stereocenters. The van der Waals surface area contributed by atoms with Gasteiger partial charge in [-0.05, 0) is 45.7 Å². The van der Waals surface area contributed by atoms with E-state index in [-0.39, 0.29) is 12.1 Å². The molecule has 0 radical (unpaired) electrons. The zero-order chi connectivity index (χ0) is 14.8. The number of rotatable bonds is 3. The van der Waals surface area contributed by atoms with Gasteiger partial charge in [-0.1, -0.05) is 18.2 Å². The number of anilines is 1. The average molecular weight is 277 g/mol. The highest BCUT2D eigenvalue weighted by atomic mass is 16.6. The molecular weight excluding hydrogens is 254 g/mol. The molecule has 1 amide bonds. The van der Waals surface area contributed by atoms with Crippen LogP contribution in [0.2, 0.25) is 0 Å². The van der Waals surface area contributed by atoms with E-state index in [0.717, 1.165) is 12.1 Å². The number of amides is 1. The molecule has 110 valence electrons. The predicted molar refractivity (Wildman–Crippen MR) is 79.1 cm³/mol. The van der Waals surface area contributed by atoms with Crippen molar-refractivity contribution in [1.82, 2.24) is 0 Å². The van der Waals surface area contributed by atoms with Gasteiger partial charge in [0.1, 0.15) is 5.60 Å². The SMILES string of the molecule is CCOC[C@@H]1Cc2ccccc2N1C(=O)OC(C)(C)C. The Bertz CT molecular complexity index is 479. The van der Waals surface area contributed by atoms with Gasteiger partial charge in [0.15, 0.2) is 0 Å². The fourth-order valence-corrected chi connectivity index (χ4v) is 2.41. The van der Waals surface area contributed by atoms with Gasteiger partial charge in [0.05, 0.1) is 18.3 Å². The zero-order valence-corrected chi connectivity index (χ0v) is 12.7. The van der Waals surface area contributed by atoms with Crippen LogP contribution in [0, 0.1) is 0 Å². The molecule has 0 aliphatic carbocycles. The fraction of sp³-hybridized carbons (Fsp3) is 0.562. The summed E-state index contributed by atoms with van der Waals surface area (Å²) in [6, 6.07) is 7.97. The summed E-state index contributed by atoms with van der Waals surface area (Å²) in [6.07, 6.45) is 0.516. The Kier molecular flexibility index (Phi) is 4.33. The minimum Gasteiger partial charge on any atom is -0.443 e. The lowest BCUT2D eigenvalue weighted by Crippen LogP contribution is -2.43. The van der Waals surface area contributed by atoms with Gasteiger partial charge in [-0.2, -0.15) is 0 Å². The molecule has 1 atom stereocenters. The molecule has 4 heteroatoms. The highest BCUT2D eigenvalue weighted by Crippen LogP contribution is 2.33. The molecule has 20 heavy (non-hydrogen) atoms. The van der Waals surface area contributed by atoms with Crippen LogP contribution in [0.25, 0.3) is 0 Å². The Morgan fingerprint density at radius 2 is 2.05 bits per heavy atom. The van der Waals surface area contributed by atoms with Gasteiger partial charge < -0.3 is 9.47 Å². The molecule has 1 aromatic rings. The van der Waals surface area contributed by atoms with Gasteiger partial charge in [-0.25, -0.2) is 4.79 Å². The second-order valence-corrected chi connectivity index (χ2v) is 6.00. The molecule has 0 saturated carbocycles. The Morgan fingerprint density at radius 1 is 1.35 bits per heavy atom. The lowest BCUT2D eigenvalue weighted by molar-refractivity contribution is 0.0536. The lowest BCUT2D eigenvalue weighted by atomic mass is 10.1. The summed E-state index contributed by atoms with van der Waals surface area (Å²) >= 11 is 0. The second kappa shape index (κ2) is 5.83. The molecule has 0 spiro atoms. The third kappa shape index (κ3) is 3.31. The van der Waals surface area contributed by atoms with E-state index in [2.05, 4.69) is 6.07 Å². The van der Waals surface area contributed by atoms with Gasteiger partial charge in [-0.15, -0.1) is 0 Å². The molecule has 1 heterocycles. The van der Waals surface area contributed by atoms with Crippen LogP contribution in [0.4, 0.5) is 10.5 Å². The maximum absolute atomic E-state index is 12.4. The molecule has 0 bridgehead atoms. The Morgan fingerprint density at radius 3 is 2.70 bits per heavy atom. The number of para-hydroxylation sites is 1. The number of ether oxygens (including phenoxy) is 2. The first-order valence-corrected chi connectivity index (χ1v) is 7.10. The summed E-state index contributed by atoms with van der Waals surface area (Å²) in [5.41, 5.74) is 1.61. The number of fused-ring (bicyclic) bond motifs is 1. The maximum Gasteiger partial charge on any atom is 0.415 e. The number of hydrogen-bond donors (Lipinski definition) is 0. The minimum atomic E-state index is -0.495. The molecule has 1 aliphatic rings. The van der Waals surface area contributed by atoms with E-state index in [0.29, 0.717) is 13.2 Å². The van der Waals surface area contributed by atoms with Crippen molar-refractivity contribution in [2.75, 3.05) is 18.1 Å². The van der Waals surface area contributed by atoms with E-state index in [1.807, 2.05) is 45.9 Å². The van der Waals surface area contributed by atoms with E-state index in [1.165, 1.54) is 5.56 Å². The minimum absolute atomic E-state index is 0.0159. The number of nitrogens with zero attached hydrogens (tertiary/aromatic N) is 1. The van der Waals surface area contributed by atoms with Gasteiger partial charge in [-0.3, -0.25) is 4.90 Å². The van der Waals surface area contributed by atoms with Crippen molar-refractivity contribution in [1.29, 1.82) is 0 Å². The Balaban J connectivity index is 2.22. The molecule has 0 fully saturated rings. The van der Waals surface area contributed by atoms with E-state index in [1.54, 1.807) is 4.90 Å². The molecule has 1 aliphatic heterocycles. The van der Waals surface area contributed by atoms with Crippen LogP contribution in [0.15, 0.2) is 24.3 Å². The van der Waals surface area contributed by atoms with Crippen LogP contribution >= 0.6 is 0 Å². The summed E-state index contributed by atoms with van der Waals surface area (Å²) in [5, 5.41) is 0. The molecule has 0 aromatic heterocycles. The second-order valence-electron chi connectivity index (χ2n) is 6.00. The molecule has 0 N–H and O–H groups in total. The third-order valence-corrected chi connectivity index (χ3v) is 3.18. The van der Waals surface area contributed by atoms with Crippen molar-refractivity contribution in [2.45, 2.75) is 45.8 Å². The topological polar surface area (TPSA) is 38.8 Å². The van der Waals surface area contributed by atoms with Crippen molar-refractivity contribution in [2.24, 2.45) is 0 Å². The summed E-state index contributed by atoms with van der Waals surface area (Å²) < 4.78 is 11.0. The number of carbonyl (C=O) groups is 1. The zero-order valence-electron chi connectivity index (χ0n) is 12.7. The molecule has 1 aromatic carbocycles. The first-order chi connectivity index (χ1) is 9.42. The normalized spacial score (nSPS) is 18.0. The van der Waals surface area contributed by atoms with E-state index in [9.17, 15) is 4.79 Å². The lowest BCUT2D eigenvalue weighted by Gasteiger charge is -2.29. The summed E-state index contributed by atoms with van der Waals surface area (Å²) in [4.78, 5) is 14.2. The van der Waals surface area contributed by atoms with Crippen molar-refractivity contribution < 1.29 is 14.3 Å². The van der Waals surface area contributed by atoms with Crippen LogP contribution in [0.3, 0.4) is 0 Å². The average Bonchev–Trinajstić information content (AvgIpc) is 2.72. The third-order valence-electron chi connectivity index (χ3n) is 3.18. The van der Waals surface area contributed by atoms with Crippen LogP contribution in [-0.2, 0) is 15.9 Å². The Hall–Kier alpha value is -1.55. The number of benzene rings is 1. The van der Waals surface area contributed by atoms with E-state index < -0.39 is 5.60 Å². The molecule has 4 nitrogen and oxygen atoms in total. The van der Waals surface area contributed by atoms with Crippen LogP contribution in [-0.4, -0.2) is 30.9 Å². The van der Waals surface area contributed by atoms with Gasteiger partial charge in [0.2, 0.25) is 0 Å². The standard InChI is InChI=1S/C16H23NO3/c1-5-19-11-13-10-12-8-6-7-9-14(12)17(13)15(18)20-16(2,3)4/h6-9,13H,5,10-11H2,1-4H3/t13-/m0/s1. The smallest absolute Gasteiger partial charge is 0.415 e. The van der Waals surface area contributed by atoms with Gasteiger partial charge in [0.25, 0.3) is 0 Å². The highest BCUT2D eigenvalue weighted by Gasteiger charge is 2.36. The van der Waals surface area contributed by atoms with Crippen molar-refractivity contribution in [3.05, 3.63) is 29.8 Å². The summed E-state index contributed by atoms with van der Waals surface area (Å²) in [7, 11) is 0. The fourth-order valence-electron chi connectivity index (χ4n) is 2.41. The largest absolute Gasteiger partial charge is 0.443 e. The van der Waals surface area contributed by atoms with Crippen LogP contribution in [0.1, 0.15) is 33.3 Å². The highest BCUT2D eigenvalue weighted by molar-refractivity contribution is 5.91. The van der Waals surface area contributed by atoms with Gasteiger partial charge in [0, 0.05) is 6.61 Å². The van der Waals surface area contributed by atoms with Crippen molar-refractivity contribution in [3.63, 3.8) is 0 Å². The molecule has 2 rings (SSSR count). The molecule has 0 saturated heterocycles. The number of carbonyl (C=O) groups excluding carboxylic acids is 1. The monoisotopic (exact) mass is 277 g/mol. The molecular formula is C16H23NO3. The first-order valence-electron chi connectivity index (χ1n) is 7.10. The van der Waals surface area contributed by atoms with Gasteiger partial charge >= 0.3 is 6.09 Å².